The van der Waals surface area contributed by atoms with Crippen LogP contribution in [0.25, 0.3) is 0 Å². The van der Waals surface area contributed by atoms with Crippen LogP contribution >= 0.6 is 15.9 Å². The van der Waals surface area contributed by atoms with Crippen molar-refractivity contribution in [3.8, 4) is 0 Å². The molecule has 0 radical (unpaired) electrons. The summed E-state index contributed by atoms with van der Waals surface area (Å²) in [5.74, 6) is 0.974. The molecule has 0 aliphatic heterocycles. The fourth-order valence-electron chi connectivity index (χ4n) is 2.48. The van der Waals surface area contributed by atoms with Gasteiger partial charge in [0.25, 0.3) is 0 Å². The van der Waals surface area contributed by atoms with Crippen molar-refractivity contribution in [2.75, 3.05) is 18.5 Å². The van der Waals surface area contributed by atoms with Gasteiger partial charge in [0.05, 0.1) is 0 Å². The third kappa shape index (κ3) is 7.67. The first-order chi connectivity index (χ1) is 7.93. The standard InChI is InChI=1S/C14H27BrO/c15-11-6-1-2-7-12-16-13-10-14-8-4-3-5-9-14/h14H,1-13H2. The second kappa shape index (κ2) is 10.6. The molecule has 0 N–H and O–H groups in total. The Morgan fingerprint density at radius 1 is 0.875 bits per heavy atom. The van der Waals surface area contributed by atoms with Gasteiger partial charge in [0, 0.05) is 18.5 Å². The van der Waals surface area contributed by atoms with E-state index in [9.17, 15) is 0 Å². The highest BCUT2D eigenvalue weighted by atomic mass is 79.9. The quantitative estimate of drug-likeness (QED) is 0.432. The number of rotatable bonds is 9. The number of hydrogen-bond donors (Lipinski definition) is 0. The highest BCUT2D eigenvalue weighted by molar-refractivity contribution is 9.09. The van der Waals surface area contributed by atoms with Gasteiger partial charge in [0.1, 0.15) is 0 Å². The van der Waals surface area contributed by atoms with Crippen LogP contribution in [-0.4, -0.2) is 18.5 Å². The molecule has 0 aromatic carbocycles. The summed E-state index contributed by atoms with van der Waals surface area (Å²) in [6, 6.07) is 0. The van der Waals surface area contributed by atoms with Gasteiger partial charge in [0.15, 0.2) is 0 Å². The Morgan fingerprint density at radius 3 is 2.38 bits per heavy atom. The van der Waals surface area contributed by atoms with Gasteiger partial charge in [-0.2, -0.15) is 0 Å². The molecule has 0 saturated heterocycles. The Balaban J connectivity index is 1.77. The number of unbranched alkanes of at least 4 members (excludes halogenated alkanes) is 3. The molecular formula is C14H27BrO. The normalized spacial score (nSPS) is 17.8. The van der Waals surface area contributed by atoms with Gasteiger partial charge in [-0.3, -0.25) is 0 Å². The first-order valence-corrected chi connectivity index (χ1v) is 8.19. The topological polar surface area (TPSA) is 9.23 Å². The lowest BCUT2D eigenvalue weighted by atomic mass is 9.87. The molecule has 1 saturated carbocycles. The zero-order chi connectivity index (χ0) is 11.5. The maximum Gasteiger partial charge on any atom is 0.0468 e. The average molecular weight is 291 g/mol. The predicted molar refractivity (Wildman–Crippen MR) is 74.3 cm³/mol. The third-order valence-electron chi connectivity index (χ3n) is 3.57. The monoisotopic (exact) mass is 290 g/mol. The summed E-state index contributed by atoms with van der Waals surface area (Å²) in [7, 11) is 0. The van der Waals surface area contributed by atoms with E-state index in [0.717, 1.165) is 24.5 Å². The molecule has 0 aromatic heterocycles. The Kier molecular flexibility index (Phi) is 9.59. The zero-order valence-electron chi connectivity index (χ0n) is 10.6. The minimum atomic E-state index is 0.974. The molecule has 16 heavy (non-hydrogen) atoms. The van der Waals surface area contributed by atoms with Crippen molar-refractivity contribution in [3.63, 3.8) is 0 Å². The van der Waals surface area contributed by atoms with Gasteiger partial charge >= 0.3 is 0 Å². The van der Waals surface area contributed by atoms with Gasteiger partial charge in [-0.15, -0.1) is 0 Å². The Hall–Kier alpha value is 0.440. The molecule has 0 spiro atoms. The minimum absolute atomic E-state index is 0.974. The molecule has 0 aromatic rings. The second-order valence-corrected chi connectivity index (χ2v) is 5.80. The van der Waals surface area contributed by atoms with Crippen LogP contribution in [0.1, 0.15) is 64.2 Å². The summed E-state index contributed by atoms with van der Waals surface area (Å²) in [4.78, 5) is 0. The van der Waals surface area contributed by atoms with Crippen molar-refractivity contribution in [1.29, 1.82) is 0 Å². The Bertz CT molecular complexity index is 144. The van der Waals surface area contributed by atoms with Crippen LogP contribution in [0.2, 0.25) is 0 Å². The van der Waals surface area contributed by atoms with E-state index in [1.807, 2.05) is 0 Å². The van der Waals surface area contributed by atoms with E-state index >= 15 is 0 Å². The zero-order valence-corrected chi connectivity index (χ0v) is 12.1. The Labute approximate surface area is 109 Å². The van der Waals surface area contributed by atoms with Crippen LogP contribution in [0.4, 0.5) is 0 Å². The third-order valence-corrected chi connectivity index (χ3v) is 4.13. The fraction of sp³-hybridized carbons (Fsp3) is 1.00. The van der Waals surface area contributed by atoms with E-state index in [1.165, 1.54) is 64.2 Å². The summed E-state index contributed by atoms with van der Waals surface area (Å²) >= 11 is 3.46. The summed E-state index contributed by atoms with van der Waals surface area (Å²) in [5.41, 5.74) is 0. The van der Waals surface area contributed by atoms with Crippen LogP contribution in [0.5, 0.6) is 0 Å². The van der Waals surface area contributed by atoms with Crippen LogP contribution in [0.15, 0.2) is 0 Å². The van der Waals surface area contributed by atoms with Crippen molar-refractivity contribution in [1.82, 2.24) is 0 Å². The van der Waals surface area contributed by atoms with E-state index in [4.69, 9.17) is 4.74 Å². The number of ether oxygens (including phenoxy) is 1. The first kappa shape index (κ1) is 14.5. The minimum Gasteiger partial charge on any atom is -0.381 e. The smallest absolute Gasteiger partial charge is 0.0468 e. The van der Waals surface area contributed by atoms with Gasteiger partial charge in [0.2, 0.25) is 0 Å². The van der Waals surface area contributed by atoms with Crippen molar-refractivity contribution < 1.29 is 4.74 Å². The average Bonchev–Trinajstić information content (AvgIpc) is 2.34. The summed E-state index contributed by atoms with van der Waals surface area (Å²) in [6.45, 7) is 1.98. The molecule has 0 heterocycles. The molecular weight excluding hydrogens is 264 g/mol. The molecule has 0 bridgehead atoms. The van der Waals surface area contributed by atoms with E-state index in [2.05, 4.69) is 15.9 Å². The van der Waals surface area contributed by atoms with Crippen LogP contribution in [0.3, 0.4) is 0 Å². The number of halogens is 1. The lowest BCUT2D eigenvalue weighted by Gasteiger charge is -2.21. The number of hydrogen-bond acceptors (Lipinski definition) is 1. The largest absolute Gasteiger partial charge is 0.381 e. The molecule has 1 aliphatic rings. The molecule has 0 atom stereocenters. The highest BCUT2D eigenvalue weighted by Gasteiger charge is 2.12. The fourth-order valence-corrected chi connectivity index (χ4v) is 2.88. The van der Waals surface area contributed by atoms with Crippen LogP contribution < -0.4 is 0 Å². The van der Waals surface area contributed by atoms with Gasteiger partial charge in [-0.25, -0.2) is 0 Å². The molecule has 1 nitrogen and oxygen atoms in total. The molecule has 1 rings (SSSR count). The molecule has 1 aliphatic carbocycles. The summed E-state index contributed by atoms with van der Waals surface area (Å²) in [5, 5.41) is 1.15. The molecule has 1 fully saturated rings. The van der Waals surface area contributed by atoms with Gasteiger partial charge in [-0.1, -0.05) is 60.9 Å². The van der Waals surface area contributed by atoms with E-state index < -0.39 is 0 Å². The lowest BCUT2D eigenvalue weighted by Crippen LogP contribution is -2.09. The maximum atomic E-state index is 5.70. The molecule has 0 unspecified atom stereocenters. The van der Waals surface area contributed by atoms with Crippen LogP contribution in [0, 0.1) is 5.92 Å². The van der Waals surface area contributed by atoms with E-state index in [0.29, 0.717) is 0 Å². The SMILES string of the molecule is BrCCCCCCOCCC1CCCCC1. The second-order valence-electron chi connectivity index (χ2n) is 5.01. The lowest BCUT2D eigenvalue weighted by molar-refractivity contribution is 0.110. The van der Waals surface area contributed by atoms with Crippen molar-refractivity contribution >= 4 is 15.9 Å². The van der Waals surface area contributed by atoms with Crippen molar-refractivity contribution in [3.05, 3.63) is 0 Å². The van der Waals surface area contributed by atoms with E-state index in [-0.39, 0.29) is 0 Å². The van der Waals surface area contributed by atoms with Gasteiger partial charge < -0.3 is 4.74 Å². The first-order valence-electron chi connectivity index (χ1n) is 7.07. The van der Waals surface area contributed by atoms with Gasteiger partial charge in [-0.05, 0) is 25.2 Å². The maximum absolute atomic E-state index is 5.70. The summed E-state index contributed by atoms with van der Waals surface area (Å²) in [6.07, 6.45) is 13.8. The van der Waals surface area contributed by atoms with Crippen molar-refractivity contribution in [2.45, 2.75) is 64.2 Å². The summed E-state index contributed by atoms with van der Waals surface area (Å²) < 4.78 is 5.70. The van der Waals surface area contributed by atoms with Crippen molar-refractivity contribution in [2.24, 2.45) is 5.92 Å². The molecule has 96 valence electrons. The number of alkyl halides is 1. The Morgan fingerprint density at radius 2 is 1.62 bits per heavy atom. The van der Waals surface area contributed by atoms with E-state index in [1.54, 1.807) is 0 Å². The molecule has 2 heteroatoms. The van der Waals surface area contributed by atoms with Crippen LogP contribution in [-0.2, 0) is 4.74 Å². The highest BCUT2D eigenvalue weighted by Crippen LogP contribution is 2.26. The predicted octanol–water partition coefficient (Wildman–Crippen LogP) is 4.93. The molecule has 0 amide bonds.